The van der Waals surface area contributed by atoms with E-state index in [2.05, 4.69) is 27.8 Å². The van der Waals surface area contributed by atoms with E-state index in [1.807, 2.05) is 0 Å². The molecule has 0 aromatic carbocycles. The Balaban J connectivity index is 2.21. The number of fused-ring (bicyclic) bond motifs is 1. The number of rotatable bonds is 3. The van der Waals surface area contributed by atoms with E-state index in [9.17, 15) is 13.2 Å². The van der Waals surface area contributed by atoms with Gasteiger partial charge >= 0.3 is 6.18 Å². The molecule has 0 aliphatic carbocycles. The number of amidine groups is 1. The Morgan fingerprint density at radius 2 is 2.16 bits per heavy atom. The molecule has 0 unspecified atom stereocenters. The Morgan fingerprint density at radius 1 is 1.42 bits per heavy atom. The van der Waals surface area contributed by atoms with Crippen LogP contribution in [0.2, 0.25) is 0 Å². The first-order chi connectivity index (χ1) is 8.91. The largest absolute Gasteiger partial charge is 0.417 e. The molecule has 0 aromatic rings. The molecular formula is C12H12BrF3N2S. The van der Waals surface area contributed by atoms with Gasteiger partial charge in [-0.3, -0.25) is 0 Å². The lowest BCUT2D eigenvalue weighted by molar-refractivity contribution is -0.0890. The van der Waals surface area contributed by atoms with Crippen molar-refractivity contribution in [3.05, 3.63) is 33.4 Å². The number of alkyl halides is 3. The molecule has 7 heteroatoms. The zero-order chi connectivity index (χ0) is 14.0. The first-order valence-corrected chi connectivity index (χ1v) is 7.53. The van der Waals surface area contributed by atoms with Crippen molar-refractivity contribution in [1.29, 1.82) is 0 Å². The van der Waals surface area contributed by atoms with Gasteiger partial charge in [0.05, 0.1) is 12.1 Å². The van der Waals surface area contributed by atoms with Gasteiger partial charge in [-0.1, -0.05) is 6.92 Å². The minimum absolute atomic E-state index is 0.425. The van der Waals surface area contributed by atoms with Crippen LogP contribution in [0.15, 0.2) is 38.4 Å². The molecule has 0 saturated heterocycles. The van der Waals surface area contributed by atoms with Crippen LogP contribution in [0.5, 0.6) is 0 Å². The molecule has 0 N–H and O–H groups in total. The number of hydrogen-bond donors (Lipinski definition) is 0. The summed E-state index contributed by atoms with van der Waals surface area (Å²) in [6.07, 6.45) is 0.252. The van der Waals surface area contributed by atoms with Crippen LogP contribution in [0.25, 0.3) is 0 Å². The van der Waals surface area contributed by atoms with E-state index in [1.54, 1.807) is 11.8 Å². The second kappa shape index (κ2) is 5.75. The molecule has 0 spiro atoms. The van der Waals surface area contributed by atoms with Gasteiger partial charge in [0.25, 0.3) is 0 Å². The Bertz CT molecular complexity index is 492. The summed E-state index contributed by atoms with van der Waals surface area (Å²) in [5.74, 6) is 1.45. The van der Waals surface area contributed by atoms with Gasteiger partial charge in [0, 0.05) is 11.1 Å². The summed E-state index contributed by atoms with van der Waals surface area (Å²) in [6, 6.07) is 0. The van der Waals surface area contributed by atoms with Crippen LogP contribution in [0.1, 0.15) is 13.3 Å². The molecule has 0 atom stereocenters. The fourth-order valence-corrected chi connectivity index (χ4v) is 3.14. The van der Waals surface area contributed by atoms with Gasteiger partial charge in [-0.05, 0) is 40.3 Å². The molecule has 2 rings (SSSR count). The van der Waals surface area contributed by atoms with E-state index < -0.39 is 11.7 Å². The topological polar surface area (TPSA) is 15.6 Å². The highest BCUT2D eigenvalue weighted by molar-refractivity contribution is 9.11. The SMILES string of the molecule is CCCSC1=C(Br)N=C2C=CC(C(F)(F)F)=CN2C1. The lowest BCUT2D eigenvalue weighted by Gasteiger charge is -2.29. The quantitative estimate of drug-likeness (QED) is 0.698. The summed E-state index contributed by atoms with van der Waals surface area (Å²) in [4.78, 5) is 6.76. The fraction of sp³-hybridized carbons (Fsp3) is 0.417. The number of halogens is 4. The summed E-state index contributed by atoms with van der Waals surface area (Å²) in [5.41, 5.74) is -0.649. The standard InChI is InChI=1S/C12H12BrF3N2S/c1-2-5-19-9-7-18-6-8(12(14,15)16)3-4-10(18)17-11(9)13/h3-4,6H,2,5,7H2,1H3. The second-order valence-corrected chi connectivity index (χ2v) is 6.02. The van der Waals surface area contributed by atoms with Gasteiger partial charge in [-0.15, -0.1) is 11.8 Å². The van der Waals surface area contributed by atoms with E-state index in [4.69, 9.17) is 0 Å². The fourth-order valence-electron chi connectivity index (χ4n) is 1.65. The first-order valence-electron chi connectivity index (χ1n) is 5.75. The highest BCUT2D eigenvalue weighted by atomic mass is 79.9. The van der Waals surface area contributed by atoms with Crippen molar-refractivity contribution in [3.8, 4) is 0 Å². The van der Waals surface area contributed by atoms with E-state index in [1.165, 1.54) is 11.0 Å². The molecule has 0 fully saturated rings. The highest BCUT2D eigenvalue weighted by Gasteiger charge is 2.35. The van der Waals surface area contributed by atoms with Gasteiger partial charge in [-0.25, -0.2) is 4.99 Å². The van der Waals surface area contributed by atoms with Crippen LogP contribution in [0, 0.1) is 0 Å². The number of aliphatic imine (C=N–C) groups is 1. The first kappa shape index (κ1) is 14.7. The van der Waals surface area contributed by atoms with Gasteiger partial charge in [-0.2, -0.15) is 13.2 Å². The van der Waals surface area contributed by atoms with Gasteiger partial charge in [0.1, 0.15) is 10.4 Å². The number of hydrogen-bond acceptors (Lipinski definition) is 3. The second-order valence-electron chi connectivity index (χ2n) is 4.08. The Labute approximate surface area is 122 Å². The summed E-state index contributed by atoms with van der Waals surface area (Å²) >= 11 is 4.99. The minimum atomic E-state index is -4.32. The molecule has 19 heavy (non-hydrogen) atoms. The van der Waals surface area contributed by atoms with E-state index in [-0.39, 0.29) is 0 Å². The van der Waals surface area contributed by atoms with Crippen molar-refractivity contribution in [2.75, 3.05) is 12.3 Å². The molecule has 2 aliphatic heterocycles. The molecule has 0 aromatic heterocycles. The van der Waals surface area contributed by atoms with Crippen LogP contribution < -0.4 is 0 Å². The third kappa shape index (κ3) is 3.45. The van der Waals surface area contributed by atoms with E-state index in [0.717, 1.165) is 29.4 Å². The minimum Gasteiger partial charge on any atom is -0.327 e. The molecule has 0 radical (unpaired) electrons. The molecule has 0 amide bonds. The monoisotopic (exact) mass is 352 g/mol. The van der Waals surface area contributed by atoms with Gasteiger partial charge < -0.3 is 4.90 Å². The summed E-state index contributed by atoms with van der Waals surface area (Å²) < 4.78 is 38.7. The number of allylic oxidation sites excluding steroid dienone is 2. The van der Waals surface area contributed by atoms with Gasteiger partial charge in [0.2, 0.25) is 0 Å². The van der Waals surface area contributed by atoms with Crippen LogP contribution in [0.3, 0.4) is 0 Å². The average molecular weight is 353 g/mol. The lowest BCUT2D eigenvalue weighted by Crippen LogP contribution is -2.33. The third-order valence-corrected chi connectivity index (χ3v) is 4.77. The summed E-state index contributed by atoms with van der Waals surface area (Å²) in [7, 11) is 0. The zero-order valence-corrected chi connectivity index (χ0v) is 12.6. The van der Waals surface area contributed by atoms with E-state index in [0.29, 0.717) is 17.0 Å². The Morgan fingerprint density at radius 3 is 2.79 bits per heavy atom. The smallest absolute Gasteiger partial charge is 0.327 e. The average Bonchev–Trinajstić information content (AvgIpc) is 2.34. The van der Waals surface area contributed by atoms with E-state index >= 15 is 0 Å². The molecule has 0 saturated carbocycles. The van der Waals surface area contributed by atoms with Crippen molar-refractivity contribution in [2.24, 2.45) is 4.99 Å². The zero-order valence-electron chi connectivity index (χ0n) is 10.2. The van der Waals surface area contributed by atoms with Crippen molar-refractivity contribution in [2.45, 2.75) is 19.5 Å². The maximum atomic E-state index is 12.7. The van der Waals surface area contributed by atoms with Crippen molar-refractivity contribution in [3.63, 3.8) is 0 Å². The molecular weight excluding hydrogens is 341 g/mol. The summed E-state index contributed by atoms with van der Waals surface area (Å²) in [6.45, 7) is 2.48. The molecule has 2 heterocycles. The van der Waals surface area contributed by atoms with Crippen LogP contribution in [0.4, 0.5) is 13.2 Å². The predicted molar refractivity (Wildman–Crippen MR) is 76.1 cm³/mol. The van der Waals surface area contributed by atoms with Crippen LogP contribution >= 0.6 is 27.7 Å². The maximum Gasteiger partial charge on any atom is 0.417 e. The molecule has 2 aliphatic rings. The molecule has 104 valence electrons. The molecule has 2 nitrogen and oxygen atoms in total. The highest BCUT2D eigenvalue weighted by Crippen LogP contribution is 2.34. The van der Waals surface area contributed by atoms with Crippen molar-refractivity contribution < 1.29 is 13.2 Å². The third-order valence-electron chi connectivity index (χ3n) is 2.57. The Kier molecular flexibility index (Phi) is 4.45. The summed E-state index contributed by atoms with van der Waals surface area (Å²) in [5, 5.41) is 0. The lowest BCUT2D eigenvalue weighted by atomic mass is 10.2. The van der Waals surface area contributed by atoms with Crippen LogP contribution in [-0.2, 0) is 0 Å². The van der Waals surface area contributed by atoms with Crippen molar-refractivity contribution in [1.82, 2.24) is 4.90 Å². The number of thioether (sulfide) groups is 1. The maximum absolute atomic E-state index is 12.7. The predicted octanol–water partition coefficient (Wildman–Crippen LogP) is 4.42. The Hall–Kier alpha value is -0.690. The van der Waals surface area contributed by atoms with Crippen LogP contribution in [-0.4, -0.2) is 29.2 Å². The molecule has 0 bridgehead atoms. The van der Waals surface area contributed by atoms with Gasteiger partial charge in [0.15, 0.2) is 0 Å². The normalized spacial score (nSPS) is 19.3. The number of nitrogens with zero attached hydrogens (tertiary/aromatic N) is 2. The van der Waals surface area contributed by atoms with Crippen molar-refractivity contribution >= 4 is 33.5 Å².